The number of Topliss-reactive ketones (excluding diaryl/α,β-unsaturated/α-hetero) is 1. The number of rotatable bonds is 8. The first-order chi connectivity index (χ1) is 17.6. The van der Waals surface area contributed by atoms with E-state index in [4.69, 9.17) is 4.74 Å². The van der Waals surface area contributed by atoms with Crippen molar-refractivity contribution in [2.24, 2.45) is 5.41 Å². The maximum Gasteiger partial charge on any atom is 0.251 e. The first-order valence-electron chi connectivity index (χ1n) is 13.5. The highest BCUT2D eigenvalue weighted by molar-refractivity contribution is 7.99. The number of hydrogen-bond acceptors (Lipinski definition) is 7. The first kappa shape index (κ1) is 27.9. The molecule has 37 heavy (non-hydrogen) atoms. The molecule has 9 heteroatoms. The van der Waals surface area contributed by atoms with Gasteiger partial charge in [0.1, 0.15) is 18.7 Å². The van der Waals surface area contributed by atoms with Gasteiger partial charge in [-0.1, -0.05) is 27.7 Å². The van der Waals surface area contributed by atoms with Crippen LogP contribution in [0.1, 0.15) is 50.9 Å². The molecule has 3 fully saturated rings. The summed E-state index contributed by atoms with van der Waals surface area (Å²) in [5.41, 5.74) is 1.45. The van der Waals surface area contributed by atoms with Crippen LogP contribution < -0.4 is 10.2 Å². The van der Waals surface area contributed by atoms with Gasteiger partial charge in [-0.2, -0.15) is 11.8 Å². The lowest BCUT2D eigenvalue weighted by Crippen LogP contribution is -2.53. The molecule has 1 aromatic rings. The standard InChI is InChI=1S/C28H42N4O4S/c1-6-11-30-12-14-31(15-13-30)20-9-7-19(8-10-20)26(34)29-21(16-28(2,3)4)27(35)32-17-23(37-5)25-24(32)22(33)18-36-25/h7-10,21,23-25H,6,11-18H2,1-5H3,(H,29,34)/t21?,23-,24+,25+/m0/s1. The van der Waals surface area contributed by atoms with Crippen LogP contribution in [0, 0.1) is 5.41 Å². The lowest BCUT2D eigenvalue weighted by molar-refractivity contribution is -0.138. The summed E-state index contributed by atoms with van der Waals surface area (Å²) in [6, 6.07) is 6.40. The van der Waals surface area contributed by atoms with E-state index in [9.17, 15) is 14.4 Å². The smallest absolute Gasteiger partial charge is 0.251 e. The third-order valence-corrected chi connectivity index (χ3v) is 8.57. The largest absolute Gasteiger partial charge is 0.369 e. The van der Waals surface area contributed by atoms with Crippen molar-refractivity contribution in [2.45, 2.75) is 64.0 Å². The summed E-state index contributed by atoms with van der Waals surface area (Å²) >= 11 is 1.62. The normalized spacial score (nSPS) is 25.3. The zero-order valence-corrected chi connectivity index (χ0v) is 23.7. The van der Waals surface area contributed by atoms with Crippen molar-refractivity contribution in [1.29, 1.82) is 0 Å². The molecular formula is C28H42N4O4S. The minimum absolute atomic E-state index is 0.0481. The van der Waals surface area contributed by atoms with Gasteiger partial charge in [-0.25, -0.2) is 0 Å². The van der Waals surface area contributed by atoms with Gasteiger partial charge in [0, 0.05) is 44.0 Å². The summed E-state index contributed by atoms with van der Waals surface area (Å²) in [6.07, 6.45) is 3.35. The van der Waals surface area contributed by atoms with E-state index in [2.05, 4.69) is 42.8 Å². The van der Waals surface area contributed by atoms with Crippen LogP contribution in [0.2, 0.25) is 0 Å². The van der Waals surface area contributed by atoms with Crippen LogP contribution in [0.15, 0.2) is 24.3 Å². The number of amides is 2. The maximum atomic E-state index is 13.8. The van der Waals surface area contributed by atoms with E-state index in [1.54, 1.807) is 16.7 Å². The highest BCUT2D eigenvalue weighted by Gasteiger charge is 2.53. The Morgan fingerprint density at radius 3 is 2.41 bits per heavy atom. The van der Waals surface area contributed by atoms with Gasteiger partial charge in [0.2, 0.25) is 5.91 Å². The van der Waals surface area contributed by atoms with Gasteiger partial charge < -0.3 is 19.9 Å². The number of nitrogens with one attached hydrogen (secondary N) is 1. The fraction of sp³-hybridized carbons (Fsp3) is 0.679. The predicted molar refractivity (Wildman–Crippen MR) is 148 cm³/mol. The van der Waals surface area contributed by atoms with Crippen molar-refractivity contribution in [1.82, 2.24) is 15.1 Å². The van der Waals surface area contributed by atoms with E-state index < -0.39 is 12.1 Å². The second-order valence-electron chi connectivity index (χ2n) is 11.6. The Morgan fingerprint density at radius 1 is 1.14 bits per heavy atom. The van der Waals surface area contributed by atoms with Crippen molar-refractivity contribution >= 4 is 35.0 Å². The number of anilines is 1. The van der Waals surface area contributed by atoms with Gasteiger partial charge in [-0.05, 0) is 55.3 Å². The molecule has 3 aliphatic rings. The minimum Gasteiger partial charge on any atom is -0.369 e. The topological polar surface area (TPSA) is 82.2 Å². The summed E-state index contributed by atoms with van der Waals surface area (Å²) in [4.78, 5) is 46.1. The van der Waals surface area contributed by atoms with E-state index >= 15 is 0 Å². The number of ether oxygens (including phenoxy) is 1. The SMILES string of the molecule is CCCN1CCN(c2ccc(C(=O)NC(CC(C)(C)C)C(=O)N3C[C@H](SC)[C@H]4OCC(=O)[C@H]43)cc2)CC1. The molecule has 0 spiro atoms. The highest BCUT2D eigenvalue weighted by atomic mass is 32.2. The lowest BCUT2D eigenvalue weighted by Gasteiger charge is -2.36. The average Bonchev–Trinajstić information content (AvgIpc) is 3.43. The van der Waals surface area contributed by atoms with Crippen LogP contribution in [-0.4, -0.2) is 103 Å². The Kier molecular flexibility index (Phi) is 8.86. The number of piperazine rings is 1. The zero-order chi connectivity index (χ0) is 26.7. The molecule has 3 saturated heterocycles. The number of nitrogens with zero attached hydrogens (tertiary/aromatic N) is 3. The van der Waals surface area contributed by atoms with Crippen molar-refractivity contribution < 1.29 is 19.1 Å². The average molecular weight is 531 g/mol. The fourth-order valence-corrected chi connectivity index (χ4v) is 6.48. The summed E-state index contributed by atoms with van der Waals surface area (Å²) in [7, 11) is 0. The van der Waals surface area contributed by atoms with Crippen LogP contribution in [-0.2, 0) is 14.3 Å². The number of thioether (sulfide) groups is 1. The number of carbonyl (C=O) groups excluding carboxylic acids is 3. The molecule has 0 aromatic heterocycles. The van der Waals surface area contributed by atoms with Crippen molar-refractivity contribution in [3.63, 3.8) is 0 Å². The molecule has 1 unspecified atom stereocenters. The number of likely N-dealkylation sites (tertiary alicyclic amines) is 1. The number of hydrogen-bond donors (Lipinski definition) is 1. The molecule has 4 rings (SSSR count). The van der Waals surface area contributed by atoms with Crippen LogP contribution in [0.25, 0.3) is 0 Å². The molecule has 3 aliphatic heterocycles. The van der Waals surface area contributed by atoms with Gasteiger partial charge >= 0.3 is 0 Å². The van der Waals surface area contributed by atoms with Crippen LogP contribution in [0.3, 0.4) is 0 Å². The Morgan fingerprint density at radius 2 is 1.81 bits per heavy atom. The first-order valence-corrected chi connectivity index (χ1v) is 14.8. The van der Waals surface area contributed by atoms with Crippen LogP contribution in [0.5, 0.6) is 0 Å². The zero-order valence-electron chi connectivity index (χ0n) is 22.9. The summed E-state index contributed by atoms with van der Waals surface area (Å²) in [5, 5.41) is 3.06. The van der Waals surface area contributed by atoms with E-state index in [0.717, 1.165) is 38.4 Å². The van der Waals surface area contributed by atoms with Crippen molar-refractivity contribution in [2.75, 3.05) is 57.0 Å². The summed E-state index contributed by atoms with van der Waals surface area (Å²) in [5.74, 6) is -0.523. The Balaban J connectivity index is 1.44. The van der Waals surface area contributed by atoms with Crippen molar-refractivity contribution in [3.05, 3.63) is 29.8 Å². The monoisotopic (exact) mass is 530 g/mol. The van der Waals surface area contributed by atoms with Crippen molar-refractivity contribution in [3.8, 4) is 0 Å². The molecule has 0 aliphatic carbocycles. The predicted octanol–water partition coefficient (Wildman–Crippen LogP) is 2.66. The molecule has 8 nitrogen and oxygen atoms in total. The van der Waals surface area contributed by atoms with Gasteiger partial charge in [0.25, 0.3) is 5.91 Å². The molecule has 0 radical (unpaired) electrons. The quantitative estimate of drug-likeness (QED) is 0.553. The van der Waals surface area contributed by atoms with Gasteiger partial charge in [0.15, 0.2) is 5.78 Å². The summed E-state index contributed by atoms with van der Waals surface area (Å²) < 4.78 is 5.73. The Hall–Kier alpha value is -2.10. The lowest BCUT2D eigenvalue weighted by atomic mass is 9.87. The molecular weight excluding hydrogens is 488 g/mol. The fourth-order valence-electron chi connectivity index (χ4n) is 5.67. The Labute approximate surface area is 225 Å². The van der Waals surface area contributed by atoms with Gasteiger partial charge in [0.05, 0.1) is 11.4 Å². The molecule has 3 heterocycles. The number of ketones is 1. The molecule has 204 valence electrons. The molecule has 1 aromatic carbocycles. The number of carbonyl (C=O) groups is 3. The number of fused-ring (bicyclic) bond motifs is 1. The highest BCUT2D eigenvalue weighted by Crippen LogP contribution is 2.34. The van der Waals surface area contributed by atoms with E-state index in [0.29, 0.717) is 18.5 Å². The summed E-state index contributed by atoms with van der Waals surface area (Å²) in [6.45, 7) is 14.1. The number of benzene rings is 1. The van der Waals surface area contributed by atoms with Gasteiger partial charge in [-0.15, -0.1) is 0 Å². The Bertz CT molecular complexity index is 971. The molecule has 2 amide bonds. The van der Waals surface area contributed by atoms with E-state index in [1.807, 2.05) is 30.5 Å². The second-order valence-corrected chi connectivity index (χ2v) is 12.7. The van der Waals surface area contributed by atoms with Crippen LogP contribution in [0.4, 0.5) is 5.69 Å². The minimum atomic E-state index is -0.714. The van der Waals surface area contributed by atoms with Crippen LogP contribution >= 0.6 is 11.8 Å². The van der Waals surface area contributed by atoms with E-state index in [-0.39, 0.29) is 41.0 Å². The second kappa shape index (κ2) is 11.7. The molecule has 1 N–H and O–H groups in total. The maximum absolute atomic E-state index is 13.8. The molecule has 4 atom stereocenters. The third-order valence-electron chi connectivity index (χ3n) is 7.55. The third kappa shape index (κ3) is 6.49. The molecule has 0 bridgehead atoms. The van der Waals surface area contributed by atoms with E-state index in [1.165, 1.54) is 6.42 Å². The molecule has 0 saturated carbocycles. The van der Waals surface area contributed by atoms with Gasteiger partial charge in [-0.3, -0.25) is 19.3 Å².